The third kappa shape index (κ3) is 14.4. The number of nitrogens with zero attached hydrogens (tertiary/aromatic N) is 1. The molecule has 0 aliphatic heterocycles. The van der Waals surface area contributed by atoms with Gasteiger partial charge in [0.25, 0.3) is 0 Å². The predicted octanol–water partition coefficient (Wildman–Crippen LogP) is -1.52. The Labute approximate surface area is 155 Å². The summed E-state index contributed by atoms with van der Waals surface area (Å²) >= 11 is 0. The van der Waals surface area contributed by atoms with Crippen molar-refractivity contribution in [3.63, 3.8) is 0 Å². The minimum atomic E-state index is -0.893. The van der Waals surface area contributed by atoms with Crippen LogP contribution in [0.15, 0.2) is 0 Å². The molecular weight excluding hydrogens is 340 g/mol. The lowest BCUT2D eigenvalue weighted by atomic mass is 10.2. The molecule has 0 aromatic carbocycles. The Hall–Kier alpha value is -1.91. The fourth-order valence-electron chi connectivity index (χ4n) is 2.19. The minimum absolute atomic E-state index is 0.00739. The quantitative estimate of drug-likeness (QED) is 0.205. The molecule has 0 saturated carbocycles. The standard InChI is InChI=1S/C16H34N6O4/c17-6-2-1-4-8-20-12-15(24)22(10-5-3-7-18)13-14(23)21-9-11-26-16(19)25/h20H,1-13,17-18H2,(H2,19,25)(H,21,23). The van der Waals surface area contributed by atoms with Crippen molar-refractivity contribution in [2.75, 3.05) is 52.4 Å². The van der Waals surface area contributed by atoms with E-state index in [1.54, 1.807) is 0 Å². The van der Waals surface area contributed by atoms with E-state index in [1.807, 2.05) is 0 Å². The van der Waals surface area contributed by atoms with Crippen molar-refractivity contribution in [2.24, 2.45) is 17.2 Å². The second-order valence-electron chi connectivity index (χ2n) is 5.85. The van der Waals surface area contributed by atoms with Gasteiger partial charge < -0.3 is 37.5 Å². The molecule has 0 bridgehead atoms. The molecule has 0 atom stereocenters. The molecule has 0 saturated heterocycles. The van der Waals surface area contributed by atoms with Gasteiger partial charge in [0, 0.05) is 6.54 Å². The minimum Gasteiger partial charge on any atom is -0.448 e. The van der Waals surface area contributed by atoms with Crippen molar-refractivity contribution in [3.8, 4) is 0 Å². The highest BCUT2D eigenvalue weighted by molar-refractivity contribution is 5.85. The SMILES string of the molecule is NCCCCCNCC(=O)N(CCCCN)CC(=O)NCCOC(N)=O. The molecule has 0 aliphatic carbocycles. The van der Waals surface area contributed by atoms with Crippen molar-refractivity contribution >= 4 is 17.9 Å². The first-order chi connectivity index (χ1) is 12.5. The largest absolute Gasteiger partial charge is 0.448 e. The zero-order chi connectivity index (χ0) is 19.6. The maximum absolute atomic E-state index is 12.3. The Bertz CT molecular complexity index is 408. The molecule has 8 N–H and O–H groups in total. The number of hydrogen-bond donors (Lipinski definition) is 5. The average Bonchev–Trinajstić information content (AvgIpc) is 2.60. The number of ether oxygens (including phenoxy) is 1. The predicted molar refractivity (Wildman–Crippen MR) is 99.2 cm³/mol. The number of nitrogens with two attached hydrogens (primary N) is 3. The van der Waals surface area contributed by atoms with Crippen LogP contribution in [0.2, 0.25) is 0 Å². The average molecular weight is 374 g/mol. The van der Waals surface area contributed by atoms with Crippen LogP contribution in [0.25, 0.3) is 0 Å². The van der Waals surface area contributed by atoms with E-state index in [2.05, 4.69) is 15.4 Å². The smallest absolute Gasteiger partial charge is 0.404 e. The Morgan fingerprint density at radius 1 is 0.923 bits per heavy atom. The van der Waals surface area contributed by atoms with E-state index in [0.29, 0.717) is 19.6 Å². The van der Waals surface area contributed by atoms with Crippen LogP contribution in [0, 0.1) is 0 Å². The van der Waals surface area contributed by atoms with Crippen LogP contribution in [-0.4, -0.2) is 75.2 Å². The zero-order valence-corrected chi connectivity index (χ0v) is 15.5. The number of amides is 3. The summed E-state index contributed by atoms with van der Waals surface area (Å²) < 4.78 is 4.53. The molecule has 0 radical (unpaired) electrons. The molecule has 0 rings (SSSR count). The van der Waals surface area contributed by atoms with E-state index < -0.39 is 6.09 Å². The fourth-order valence-corrected chi connectivity index (χ4v) is 2.19. The van der Waals surface area contributed by atoms with Gasteiger partial charge in [-0.15, -0.1) is 0 Å². The summed E-state index contributed by atoms with van der Waals surface area (Å²) in [6.45, 7) is 2.69. The highest BCUT2D eigenvalue weighted by atomic mass is 16.5. The lowest BCUT2D eigenvalue weighted by Gasteiger charge is -2.22. The van der Waals surface area contributed by atoms with E-state index in [9.17, 15) is 14.4 Å². The third-order valence-electron chi connectivity index (χ3n) is 3.57. The van der Waals surface area contributed by atoms with E-state index in [0.717, 1.165) is 38.6 Å². The van der Waals surface area contributed by atoms with Gasteiger partial charge in [0.15, 0.2) is 0 Å². The lowest BCUT2D eigenvalue weighted by molar-refractivity contribution is -0.135. The van der Waals surface area contributed by atoms with Gasteiger partial charge in [-0.3, -0.25) is 9.59 Å². The summed E-state index contributed by atoms with van der Waals surface area (Å²) in [4.78, 5) is 36.2. The molecule has 0 spiro atoms. The Morgan fingerprint density at radius 2 is 1.62 bits per heavy atom. The second-order valence-corrected chi connectivity index (χ2v) is 5.85. The van der Waals surface area contributed by atoms with Gasteiger partial charge in [-0.1, -0.05) is 6.42 Å². The topological polar surface area (TPSA) is 166 Å². The van der Waals surface area contributed by atoms with Crippen LogP contribution in [-0.2, 0) is 14.3 Å². The summed E-state index contributed by atoms with van der Waals surface area (Å²) in [5.74, 6) is -0.452. The monoisotopic (exact) mass is 374 g/mol. The molecule has 0 unspecified atom stereocenters. The molecule has 10 nitrogen and oxygen atoms in total. The van der Waals surface area contributed by atoms with E-state index >= 15 is 0 Å². The highest BCUT2D eigenvalue weighted by Gasteiger charge is 2.16. The Kier molecular flexibility index (Phi) is 15.3. The summed E-state index contributed by atoms with van der Waals surface area (Å²) in [5, 5.41) is 5.67. The molecule has 10 heteroatoms. The van der Waals surface area contributed by atoms with Crippen LogP contribution in [0.5, 0.6) is 0 Å². The van der Waals surface area contributed by atoms with Crippen molar-refractivity contribution in [1.82, 2.24) is 15.5 Å². The number of carbonyl (C=O) groups excluding carboxylic acids is 3. The third-order valence-corrected chi connectivity index (χ3v) is 3.57. The van der Waals surface area contributed by atoms with Gasteiger partial charge in [0.05, 0.1) is 19.6 Å². The van der Waals surface area contributed by atoms with Crippen LogP contribution in [0.3, 0.4) is 0 Å². The molecule has 152 valence electrons. The summed E-state index contributed by atoms with van der Waals surface area (Å²) in [7, 11) is 0. The van der Waals surface area contributed by atoms with Gasteiger partial charge in [-0.05, 0) is 45.3 Å². The molecule has 3 amide bonds. The number of rotatable bonds is 16. The molecule has 0 heterocycles. The highest BCUT2D eigenvalue weighted by Crippen LogP contribution is 1.97. The molecule has 26 heavy (non-hydrogen) atoms. The maximum Gasteiger partial charge on any atom is 0.404 e. The van der Waals surface area contributed by atoms with Crippen LogP contribution >= 0.6 is 0 Å². The van der Waals surface area contributed by atoms with Crippen molar-refractivity contribution in [1.29, 1.82) is 0 Å². The second kappa shape index (κ2) is 16.6. The summed E-state index contributed by atoms with van der Waals surface area (Å²) in [6, 6.07) is 0. The molecule has 0 aliphatic rings. The van der Waals surface area contributed by atoms with Crippen molar-refractivity contribution in [3.05, 3.63) is 0 Å². The summed E-state index contributed by atoms with van der Waals surface area (Å²) in [6.07, 6.45) is 3.57. The number of unbranched alkanes of at least 4 members (excludes halogenated alkanes) is 3. The molecule has 0 fully saturated rings. The number of primary amides is 1. The molecular formula is C16H34N6O4. The first-order valence-electron chi connectivity index (χ1n) is 9.08. The maximum atomic E-state index is 12.3. The zero-order valence-electron chi connectivity index (χ0n) is 15.5. The van der Waals surface area contributed by atoms with E-state index in [4.69, 9.17) is 17.2 Å². The van der Waals surface area contributed by atoms with Crippen molar-refractivity contribution < 1.29 is 19.1 Å². The van der Waals surface area contributed by atoms with Gasteiger partial charge >= 0.3 is 6.09 Å². The Morgan fingerprint density at radius 3 is 2.27 bits per heavy atom. The van der Waals surface area contributed by atoms with Crippen LogP contribution in [0.4, 0.5) is 4.79 Å². The normalized spacial score (nSPS) is 10.4. The Balaban J connectivity index is 4.20. The van der Waals surface area contributed by atoms with E-state index in [1.165, 1.54) is 4.90 Å². The van der Waals surface area contributed by atoms with Gasteiger partial charge in [-0.25, -0.2) is 4.79 Å². The first-order valence-corrected chi connectivity index (χ1v) is 9.08. The molecule has 0 aromatic heterocycles. The van der Waals surface area contributed by atoms with Crippen LogP contribution < -0.4 is 27.8 Å². The molecule has 0 aromatic rings. The number of carbonyl (C=O) groups is 3. The number of hydrogen-bond acceptors (Lipinski definition) is 7. The van der Waals surface area contributed by atoms with Gasteiger partial charge in [-0.2, -0.15) is 0 Å². The van der Waals surface area contributed by atoms with E-state index in [-0.39, 0.29) is 38.1 Å². The summed E-state index contributed by atoms with van der Waals surface area (Å²) in [5.41, 5.74) is 15.7. The van der Waals surface area contributed by atoms with Gasteiger partial charge in [0.2, 0.25) is 11.8 Å². The number of nitrogens with one attached hydrogen (secondary N) is 2. The van der Waals surface area contributed by atoms with Gasteiger partial charge in [0.1, 0.15) is 6.61 Å². The lowest BCUT2D eigenvalue weighted by Crippen LogP contribution is -2.45. The fraction of sp³-hybridized carbons (Fsp3) is 0.812. The van der Waals surface area contributed by atoms with Crippen LogP contribution in [0.1, 0.15) is 32.1 Å². The first kappa shape index (κ1) is 24.1. The van der Waals surface area contributed by atoms with Crippen molar-refractivity contribution in [2.45, 2.75) is 32.1 Å².